The first-order valence-electron chi connectivity index (χ1n) is 5.01. The molecule has 1 heterocycles. The van der Waals surface area contributed by atoms with E-state index in [1.54, 1.807) is 0 Å². The molecule has 0 saturated carbocycles. The Bertz CT molecular complexity index is 268. The molecule has 0 radical (unpaired) electrons. The average Bonchev–Trinajstić information content (AvgIpc) is 2.47. The summed E-state index contributed by atoms with van der Waals surface area (Å²) < 4.78 is 0. The van der Waals surface area contributed by atoms with Crippen molar-refractivity contribution in [2.75, 3.05) is 20.1 Å². The molecular weight excluding hydrogens is 158 g/mol. The standard InChI is InChI=1S/C12H17N/c1-10-8-13(2)9-12(10)11-6-4-3-5-7-11/h3-7,10,12H,8-9H2,1-2H3/t10-,12+/m1/s1. The summed E-state index contributed by atoms with van der Waals surface area (Å²) in [6, 6.07) is 10.9. The van der Waals surface area contributed by atoms with Gasteiger partial charge in [-0.2, -0.15) is 0 Å². The summed E-state index contributed by atoms with van der Waals surface area (Å²) in [6.45, 7) is 4.80. The van der Waals surface area contributed by atoms with Crippen molar-refractivity contribution in [3.8, 4) is 0 Å². The first kappa shape index (κ1) is 8.76. The quantitative estimate of drug-likeness (QED) is 0.633. The predicted molar refractivity (Wildman–Crippen MR) is 55.8 cm³/mol. The second kappa shape index (κ2) is 3.51. The van der Waals surface area contributed by atoms with E-state index in [0.717, 1.165) is 11.8 Å². The van der Waals surface area contributed by atoms with E-state index >= 15 is 0 Å². The second-order valence-corrected chi connectivity index (χ2v) is 4.22. The van der Waals surface area contributed by atoms with Gasteiger partial charge in [0.25, 0.3) is 0 Å². The molecule has 1 saturated heterocycles. The monoisotopic (exact) mass is 175 g/mol. The van der Waals surface area contributed by atoms with Gasteiger partial charge in [-0.25, -0.2) is 0 Å². The summed E-state index contributed by atoms with van der Waals surface area (Å²) in [5.41, 5.74) is 1.50. The zero-order chi connectivity index (χ0) is 9.26. The molecule has 0 aromatic heterocycles. The fourth-order valence-electron chi connectivity index (χ4n) is 2.34. The summed E-state index contributed by atoms with van der Waals surface area (Å²) in [5.74, 6) is 1.54. The third kappa shape index (κ3) is 1.75. The lowest BCUT2D eigenvalue weighted by Crippen LogP contribution is -2.13. The van der Waals surface area contributed by atoms with Crippen LogP contribution in [0.5, 0.6) is 0 Å². The van der Waals surface area contributed by atoms with Gasteiger partial charge in [-0.05, 0) is 18.5 Å². The molecule has 0 aliphatic carbocycles. The highest BCUT2D eigenvalue weighted by atomic mass is 15.1. The maximum atomic E-state index is 2.42. The molecule has 0 N–H and O–H groups in total. The van der Waals surface area contributed by atoms with Crippen molar-refractivity contribution in [3.63, 3.8) is 0 Å². The molecule has 13 heavy (non-hydrogen) atoms. The van der Waals surface area contributed by atoms with E-state index in [1.165, 1.54) is 18.7 Å². The molecule has 0 unspecified atom stereocenters. The van der Waals surface area contributed by atoms with E-state index in [4.69, 9.17) is 0 Å². The van der Waals surface area contributed by atoms with Gasteiger partial charge in [-0.15, -0.1) is 0 Å². The highest BCUT2D eigenvalue weighted by Crippen LogP contribution is 2.30. The van der Waals surface area contributed by atoms with Gasteiger partial charge in [0.1, 0.15) is 0 Å². The molecular formula is C12H17N. The first-order chi connectivity index (χ1) is 6.27. The molecule has 1 aliphatic rings. The Morgan fingerprint density at radius 3 is 2.38 bits per heavy atom. The molecule has 0 bridgehead atoms. The van der Waals surface area contributed by atoms with E-state index < -0.39 is 0 Å². The van der Waals surface area contributed by atoms with Crippen LogP contribution in [0, 0.1) is 5.92 Å². The van der Waals surface area contributed by atoms with Crippen LogP contribution in [-0.2, 0) is 0 Å². The van der Waals surface area contributed by atoms with Crippen molar-refractivity contribution in [3.05, 3.63) is 35.9 Å². The Hall–Kier alpha value is -0.820. The van der Waals surface area contributed by atoms with Crippen LogP contribution in [0.3, 0.4) is 0 Å². The SMILES string of the molecule is C[C@@H]1CN(C)C[C@@H]1c1ccccc1. The molecule has 1 aromatic rings. The number of hydrogen-bond acceptors (Lipinski definition) is 1. The second-order valence-electron chi connectivity index (χ2n) is 4.22. The van der Waals surface area contributed by atoms with Crippen molar-refractivity contribution in [1.82, 2.24) is 4.90 Å². The minimum atomic E-state index is 0.742. The lowest BCUT2D eigenvalue weighted by Gasteiger charge is -2.13. The van der Waals surface area contributed by atoms with Gasteiger partial charge in [-0.3, -0.25) is 0 Å². The summed E-state index contributed by atoms with van der Waals surface area (Å²) in [7, 11) is 2.21. The number of hydrogen-bond donors (Lipinski definition) is 0. The van der Waals surface area contributed by atoms with E-state index in [9.17, 15) is 0 Å². The van der Waals surface area contributed by atoms with Crippen LogP contribution in [-0.4, -0.2) is 25.0 Å². The molecule has 1 aliphatic heterocycles. The van der Waals surface area contributed by atoms with Gasteiger partial charge in [0.2, 0.25) is 0 Å². The summed E-state index contributed by atoms with van der Waals surface area (Å²) >= 11 is 0. The van der Waals surface area contributed by atoms with E-state index in [-0.39, 0.29) is 0 Å². The minimum absolute atomic E-state index is 0.742. The van der Waals surface area contributed by atoms with Crippen molar-refractivity contribution in [2.45, 2.75) is 12.8 Å². The highest BCUT2D eigenvalue weighted by Gasteiger charge is 2.27. The fraction of sp³-hybridized carbons (Fsp3) is 0.500. The smallest absolute Gasteiger partial charge is 0.00504 e. The van der Waals surface area contributed by atoms with Crippen LogP contribution in [0.4, 0.5) is 0 Å². The summed E-state index contributed by atoms with van der Waals surface area (Å²) in [5, 5.41) is 0. The lowest BCUT2D eigenvalue weighted by molar-refractivity contribution is 0.401. The Morgan fingerprint density at radius 2 is 1.85 bits per heavy atom. The normalized spacial score (nSPS) is 29.4. The predicted octanol–water partition coefficient (Wildman–Crippen LogP) is 2.35. The Labute approximate surface area is 80.4 Å². The molecule has 2 atom stereocenters. The van der Waals surface area contributed by atoms with Gasteiger partial charge in [-0.1, -0.05) is 37.3 Å². The van der Waals surface area contributed by atoms with Crippen molar-refractivity contribution in [2.24, 2.45) is 5.92 Å². The Morgan fingerprint density at radius 1 is 1.15 bits per heavy atom. The van der Waals surface area contributed by atoms with Crippen LogP contribution in [0.15, 0.2) is 30.3 Å². The molecule has 1 aromatic carbocycles. The molecule has 0 spiro atoms. The maximum absolute atomic E-state index is 2.42. The third-order valence-corrected chi connectivity index (χ3v) is 3.02. The van der Waals surface area contributed by atoms with Gasteiger partial charge < -0.3 is 4.90 Å². The molecule has 1 fully saturated rings. The third-order valence-electron chi connectivity index (χ3n) is 3.02. The lowest BCUT2D eigenvalue weighted by atomic mass is 9.90. The van der Waals surface area contributed by atoms with Crippen molar-refractivity contribution >= 4 is 0 Å². The van der Waals surface area contributed by atoms with Gasteiger partial charge >= 0.3 is 0 Å². The molecule has 0 amide bonds. The Balaban J connectivity index is 2.18. The number of likely N-dealkylation sites (tertiary alicyclic amines) is 1. The maximum Gasteiger partial charge on any atom is 0.00504 e. The highest BCUT2D eigenvalue weighted by molar-refractivity contribution is 5.21. The summed E-state index contributed by atoms with van der Waals surface area (Å²) in [6.07, 6.45) is 0. The summed E-state index contributed by atoms with van der Waals surface area (Å²) in [4.78, 5) is 2.42. The van der Waals surface area contributed by atoms with Gasteiger partial charge in [0, 0.05) is 19.0 Å². The van der Waals surface area contributed by atoms with Crippen LogP contribution in [0.25, 0.3) is 0 Å². The number of benzene rings is 1. The topological polar surface area (TPSA) is 3.24 Å². The fourth-order valence-corrected chi connectivity index (χ4v) is 2.34. The van der Waals surface area contributed by atoms with Crippen LogP contribution >= 0.6 is 0 Å². The van der Waals surface area contributed by atoms with Crippen LogP contribution in [0.1, 0.15) is 18.4 Å². The van der Waals surface area contributed by atoms with E-state index in [2.05, 4.69) is 49.2 Å². The zero-order valence-electron chi connectivity index (χ0n) is 8.40. The average molecular weight is 175 g/mol. The number of rotatable bonds is 1. The minimum Gasteiger partial charge on any atom is -0.305 e. The molecule has 2 rings (SSSR count). The first-order valence-corrected chi connectivity index (χ1v) is 5.01. The molecule has 1 nitrogen and oxygen atoms in total. The van der Waals surface area contributed by atoms with Crippen molar-refractivity contribution in [1.29, 1.82) is 0 Å². The molecule has 1 heteroatoms. The number of nitrogens with zero attached hydrogens (tertiary/aromatic N) is 1. The Kier molecular flexibility index (Phi) is 2.36. The van der Waals surface area contributed by atoms with E-state index in [0.29, 0.717) is 0 Å². The van der Waals surface area contributed by atoms with Crippen LogP contribution < -0.4 is 0 Å². The van der Waals surface area contributed by atoms with Gasteiger partial charge in [0.15, 0.2) is 0 Å². The van der Waals surface area contributed by atoms with Crippen LogP contribution in [0.2, 0.25) is 0 Å². The zero-order valence-corrected chi connectivity index (χ0v) is 8.40. The number of likely N-dealkylation sites (N-methyl/N-ethyl adjacent to an activating group) is 1. The molecule has 70 valence electrons. The van der Waals surface area contributed by atoms with Crippen molar-refractivity contribution < 1.29 is 0 Å². The largest absolute Gasteiger partial charge is 0.305 e. The van der Waals surface area contributed by atoms with Gasteiger partial charge in [0.05, 0.1) is 0 Å². The van der Waals surface area contributed by atoms with E-state index in [1.807, 2.05) is 0 Å².